The number of hydrogen-bond acceptors (Lipinski definition) is 5. The molecule has 142 valence electrons. The highest BCUT2D eigenvalue weighted by molar-refractivity contribution is 7.13. The van der Waals surface area contributed by atoms with E-state index >= 15 is 0 Å². The average Bonchev–Trinajstić information content (AvgIpc) is 3.44. The molecule has 1 amide bonds. The summed E-state index contributed by atoms with van der Waals surface area (Å²) in [4.78, 5) is 18.3. The fraction of sp³-hybridized carbons (Fsp3) is 0.0909. The lowest BCUT2D eigenvalue weighted by Gasteiger charge is -2.13. The van der Waals surface area contributed by atoms with Crippen LogP contribution in [0.1, 0.15) is 34.7 Å². The second kappa shape index (κ2) is 8.09. The van der Waals surface area contributed by atoms with Crippen molar-refractivity contribution in [1.29, 1.82) is 5.26 Å². The third-order valence-electron chi connectivity index (χ3n) is 4.42. The molecule has 7 heteroatoms. The van der Waals surface area contributed by atoms with Crippen molar-refractivity contribution in [3.63, 3.8) is 0 Å². The number of benzene rings is 2. The Kier molecular flexibility index (Phi) is 5.18. The minimum absolute atomic E-state index is 0.0977. The van der Waals surface area contributed by atoms with E-state index in [-0.39, 0.29) is 17.8 Å². The van der Waals surface area contributed by atoms with Crippen molar-refractivity contribution in [1.82, 2.24) is 20.1 Å². The molecule has 4 aromatic rings. The number of carbonyl (C=O) groups is 1. The monoisotopic (exact) mass is 399 g/mol. The van der Waals surface area contributed by atoms with Crippen LogP contribution in [0.5, 0.6) is 0 Å². The molecule has 4 rings (SSSR count). The molecule has 29 heavy (non-hydrogen) atoms. The SMILES string of the molecule is CC(NC(=O)c1nc(-c2cccs2)n(-c2ccccc2)n1)c1cccc(C#N)c1. The number of thiophene rings is 1. The zero-order chi connectivity index (χ0) is 20.2. The summed E-state index contributed by atoms with van der Waals surface area (Å²) < 4.78 is 1.68. The van der Waals surface area contributed by atoms with Gasteiger partial charge < -0.3 is 5.32 Å². The Balaban J connectivity index is 1.64. The zero-order valence-corrected chi connectivity index (χ0v) is 16.4. The van der Waals surface area contributed by atoms with Gasteiger partial charge in [0.25, 0.3) is 5.91 Å². The predicted molar refractivity (Wildman–Crippen MR) is 112 cm³/mol. The van der Waals surface area contributed by atoms with E-state index in [4.69, 9.17) is 5.26 Å². The van der Waals surface area contributed by atoms with Gasteiger partial charge in [-0.3, -0.25) is 4.79 Å². The number of rotatable bonds is 5. The van der Waals surface area contributed by atoms with Gasteiger partial charge in [0.2, 0.25) is 5.82 Å². The van der Waals surface area contributed by atoms with Gasteiger partial charge in [-0.2, -0.15) is 5.26 Å². The Morgan fingerprint density at radius 3 is 2.69 bits per heavy atom. The van der Waals surface area contributed by atoms with Gasteiger partial charge in [0.1, 0.15) is 0 Å². The second-order valence-electron chi connectivity index (χ2n) is 6.42. The summed E-state index contributed by atoms with van der Waals surface area (Å²) in [6, 6.07) is 22.5. The minimum atomic E-state index is -0.368. The Labute approximate surface area is 172 Å². The maximum Gasteiger partial charge on any atom is 0.291 e. The van der Waals surface area contributed by atoms with E-state index in [1.807, 2.05) is 60.8 Å². The molecule has 0 fully saturated rings. The summed E-state index contributed by atoms with van der Waals surface area (Å²) in [7, 11) is 0. The Morgan fingerprint density at radius 2 is 1.97 bits per heavy atom. The summed E-state index contributed by atoms with van der Waals surface area (Å²) in [5.74, 6) is 0.350. The Morgan fingerprint density at radius 1 is 1.14 bits per heavy atom. The highest BCUT2D eigenvalue weighted by Gasteiger charge is 2.21. The first kappa shape index (κ1) is 18.6. The maximum absolute atomic E-state index is 12.8. The number of nitrogens with one attached hydrogen (secondary N) is 1. The number of carbonyl (C=O) groups excluding carboxylic acids is 1. The van der Waals surface area contributed by atoms with Crippen molar-refractivity contribution in [2.45, 2.75) is 13.0 Å². The van der Waals surface area contributed by atoms with Crippen LogP contribution in [0.15, 0.2) is 72.1 Å². The van der Waals surface area contributed by atoms with Crippen molar-refractivity contribution in [2.24, 2.45) is 0 Å². The van der Waals surface area contributed by atoms with Crippen molar-refractivity contribution in [2.75, 3.05) is 0 Å². The topological polar surface area (TPSA) is 83.6 Å². The Hall–Kier alpha value is -3.76. The van der Waals surface area contributed by atoms with E-state index in [2.05, 4.69) is 21.5 Å². The van der Waals surface area contributed by atoms with E-state index in [0.29, 0.717) is 11.4 Å². The summed E-state index contributed by atoms with van der Waals surface area (Å²) >= 11 is 1.54. The number of aromatic nitrogens is 3. The highest BCUT2D eigenvalue weighted by atomic mass is 32.1. The van der Waals surface area contributed by atoms with Crippen LogP contribution in [-0.2, 0) is 0 Å². The smallest absolute Gasteiger partial charge is 0.291 e. The average molecular weight is 399 g/mol. The summed E-state index contributed by atoms with van der Waals surface area (Å²) in [5, 5.41) is 18.4. The standard InChI is InChI=1S/C22H17N5OS/c1-15(17-8-5-7-16(13-17)14-23)24-22(28)20-25-21(19-11-6-12-29-19)27(26-20)18-9-3-2-4-10-18/h2-13,15H,1H3,(H,24,28). The fourth-order valence-electron chi connectivity index (χ4n) is 2.94. The zero-order valence-electron chi connectivity index (χ0n) is 15.6. The number of amides is 1. The molecule has 1 N–H and O–H groups in total. The lowest BCUT2D eigenvalue weighted by molar-refractivity contribution is 0.0929. The first-order valence-corrected chi connectivity index (χ1v) is 9.91. The summed E-state index contributed by atoms with van der Waals surface area (Å²) in [5.41, 5.74) is 2.23. The molecule has 0 saturated heterocycles. The van der Waals surface area contributed by atoms with Crippen LogP contribution < -0.4 is 5.32 Å². The van der Waals surface area contributed by atoms with Gasteiger partial charge in [0, 0.05) is 0 Å². The van der Waals surface area contributed by atoms with Gasteiger partial charge in [-0.05, 0) is 48.2 Å². The Bertz CT molecular complexity index is 1180. The molecule has 2 heterocycles. The quantitative estimate of drug-likeness (QED) is 0.540. The van der Waals surface area contributed by atoms with Crippen molar-refractivity contribution in [3.8, 4) is 22.5 Å². The van der Waals surface area contributed by atoms with Crippen molar-refractivity contribution >= 4 is 17.2 Å². The molecule has 2 aromatic carbocycles. The number of para-hydroxylation sites is 1. The molecule has 1 atom stereocenters. The van der Waals surface area contributed by atoms with Crippen LogP contribution in [0.4, 0.5) is 0 Å². The first-order chi connectivity index (χ1) is 14.2. The molecule has 1 unspecified atom stereocenters. The number of nitriles is 1. The van der Waals surface area contributed by atoms with Gasteiger partial charge in [-0.15, -0.1) is 16.4 Å². The van der Waals surface area contributed by atoms with Crippen molar-refractivity contribution < 1.29 is 4.79 Å². The van der Waals surface area contributed by atoms with Crippen LogP contribution >= 0.6 is 11.3 Å². The van der Waals surface area contributed by atoms with E-state index in [1.165, 1.54) is 11.3 Å². The number of nitrogens with zero attached hydrogens (tertiary/aromatic N) is 4. The molecular formula is C22H17N5OS. The van der Waals surface area contributed by atoms with Gasteiger partial charge in [-0.1, -0.05) is 36.4 Å². The lowest BCUT2D eigenvalue weighted by Crippen LogP contribution is -2.27. The van der Waals surface area contributed by atoms with Crippen LogP contribution in [0, 0.1) is 11.3 Å². The van der Waals surface area contributed by atoms with E-state index < -0.39 is 0 Å². The number of hydrogen-bond donors (Lipinski definition) is 1. The van der Waals surface area contributed by atoms with Crippen LogP contribution in [0.3, 0.4) is 0 Å². The van der Waals surface area contributed by atoms with E-state index in [1.54, 1.807) is 22.9 Å². The molecule has 0 aliphatic carbocycles. The van der Waals surface area contributed by atoms with Crippen LogP contribution in [0.2, 0.25) is 0 Å². The first-order valence-electron chi connectivity index (χ1n) is 9.03. The minimum Gasteiger partial charge on any atom is -0.343 e. The lowest BCUT2D eigenvalue weighted by atomic mass is 10.1. The molecule has 0 aliphatic rings. The fourth-order valence-corrected chi connectivity index (χ4v) is 3.64. The highest BCUT2D eigenvalue weighted by Crippen LogP contribution is 2.25. The van der Waals surface area contributed by atoms with E-state index in [0.717, 1.165) is 16.1 Å². The molecule has 6 nitrogen and oxygen atoms in total. The van der Waals surface area contributed by atoms with Gasteiger partial charge >= 0.3 is 0 Å². The normalized spacial score (nSPS) is 11.6. The third kappa shape index (κ3) is 3.93. The summed E-state index contributed by atoms with van der Waals surface area (Å²) in [6.07, 6.45) is 0. The third-order valence-corrected chi connectivity index (χ3v) is 5.28. The van der Waals surface area contributed by atoms with Crippen molar-refractivity contribution in [3.05, 3.63) is 89.1 Å². The molecular weight excluding hydrogens is 382 g/mol. The molecule has 0 spiro atoms. The largest absolute Gasteiger partial charge is 0.343 e. The van der Waals surface area contributed by atoms with Crippen LogP contribution in [0.25, 0.3) is 16.4 Å². The van der Waals surface area contributed by atoms with E-state index in [9.17, 15) is 4.79 Å². The second-order valence-corrected chi connectivity index (χ2v) is 7.36. The van der Waals surface area contributed by atoms with Gasteiger partial charge in [-0.25, -0.2) is 9.67 Å². The predicted octanol–water partition coefficient (Wildman–Crippen LogP) is 4.36. The van der Waals surface area contributed by atoms with Crippen LogP contribution in [-0.4, -0.2) is 20.7 Å². The maximum atomic E-state index is 12.8. The van der Waals surface area contributed by atoms with Gasteiger partial charge in [0.15, 0.2) is 5.82 Å². The molecule has 0 saturated carbocycles. The molecule has 2 aromatic heterocycles. The molecule has 0 bridgehead atoms. The molecule has 0 aliphatic heterocycles. The summed E-state index contributed by atoms with van der Waals surface area (Å²) in [6.45, 7) is 1.86. The molecule has 0 radical (unpaired) electrons. The van der Waals surface area contributed by atoms with Gasteiger partial charge in [0.05, 0.1) is 28.2 Å².